The summed E-state index contributed by atoms with van der Waals surface area (Å²) in [4.78, 5) is 18.1. The fraction of sp³-hybridized carbons (Fsp3) is 0.875. The summed E-state index contributed by atoms with van der Waals surface area (Å²) in [6.45, 7) is 9.16. The molecule has 6 nitrogen and oxygen atoms in total. The molecule has 0 radical (unpaired) electrons. The molecule has 2 heterocycles. The van der Waals surface area contributed by atoms with Gasteiger partial charge in [0.1, 0.15) is 0 Å². The van der Waals surface area contributed by atoms with E-state index in [-0.39, 0.29) is 29.6 Å². The Hall–Kier alpha value is -0.570. The predicted octanol–water partition coefficient (Wildman–Crippen LogP) is 1.74. The molecule has 2 fully saturated rings. The third-order valence-electron chi connectivity index (χ3n) is 4.28. The summed E-state index contributed by atoms with van der Waals surface area (Å²) < 4.78 is 5.77. The van der Waals surface area contributed by atoms with Crippen LogP contribution in [0.15, 0.2) is 4.99 Å². The molecule has 1 atom stereocenters. The van der Waals surface area contributed by atoms with E-state index < -0.39 is 0 Å². The Morgan fingerprint density at radius 2 is 2.22 bits per heavy atom. The summed E-state index contributed by atoms with van der Waals surface area (Å²) in [5.74, 6) is 1.14. The number of guanidine groups is 1. The molecule has 1 amide bonds. The quantitative estimate of drug-likeness (QED) is 0.275. The molecule has 2 N–H and O–H groups in total. The van der Waals surface area contributed by atoms with Crippen molar-refractivity contribution in [1.29, 1.82) is 0 Å². The van der Waals surface area contributed by atoms with Crippen LogP contribution in [0.1, 0.15) is 46.0 Å². The van der Waals surface area contributed by atoms with Gasteiger partial charge in [-0.3, -0.25) is 9.79 Å². The summed E-state index contributed by atoms with van der Waals surface area (Å²) in [7, 11) is 0. The number of aliphatic imine (C=N–C) groups is 1. The lowest BCUT2D eigenvalue weighted by Gasteiger charge is -2.21. The Morgan fingerprint density at radius 1 is 1.39 bits per heavy atom. The first kappa shape index (κ1) is 20.5. The van der Waals surface area contributed by atoms with Crippen LogP contribution < -0.4 is 10.6 Å². The summed E-state index contributed by atoms with van der Waals surface area (Å²) in [6, 6.07) is 0. The van der Waals surface area contributed by atoms with E-state index in [1.54, 1.807) is 0 Å². The third-order valence-corrected chi connectivity index (χ3v) is 4.28. The van der Waals surface area contributed by atoms with Gasteiger partial charge < -0.3 is 20.3 Å². The minimum Gasteiger partial charge on any atom is -0.373 e. The van der Waals surface area contributed by atoms with Crippen LogP contribution in [0.25, 0.3) is 0 Å². The van der Waals surface area contributed by atoms with Crippen LogP contribution in [0.5, 0.6) is 0 Å². The number of nitrogens with zero attached hydrogens (tertiary/aromatic N) is 2. The Bertz CT molecular complexity index is 398. The molecule has 2 aliphatic rings. The number of ether oxygens (including phenoxy) is 1. The van der Waals surface area contributed by atoms with Crippen LogP contribution in [-0.4, -0.2) is 61.7 Å². The number of halogens is 1. The number of carbonyl (C=O) groups excluding carboxylic acids is 1. The average Bonchev–Trinajstić information content (AvgIpc) is 3.10. The molecule has 23 heavy (non-hydrogen) atoms. The summed E-state index contributed by atoms with van der Waals surface area (Å²) in [6.07, 6.45) is 4.88. The van der Waals surface area contributed by atoms with Gasteiger partial charge in [-0.15, -0.1) is 24.0 Å². The number of amides is 1. The van der Waals surface area contributed by atoms with E-state index in [9.17, 15) is 4.79 Å². The van der Waals surface area contributed by atoms with Gasteiger partial charge in [-0.25, -0.2) is 0 Å². The van der Waals surface area contributed by atoms with Crippen molar-refractivity contribution < 1.29 is 9.53 Å². The van der Waals surface area contributed by atoms with Crippen LogP contribution in [-0.2, 0) is 9.53 Å². The van der Waals surface area contributed by atoms with Gasteiger partial charge in [-0.05, 0) is 39.5 Å². The Labute approximate surface area is 156 Å². The van der Waals surface area contributed by atoms with E-state index in [0.717, 1.165) is 70.8 Å². The molecular weight excluding hydrogens is 407 g/mol. The molecule has 0 aromatic heterocycles. The van der Waals surface area contributed by atoms with Gasteiger partial charge in [0, 0.05) is 39.2 Å². The van der Waals surface area contributed by atoms with E-state index in [0.29, 0.717) is 12.5 Å². The number of carbonyl (C=O) groups is 1. The van der Waals surface area contributed by atoms with Crippen LogP contribution in [0.3, 0.4) is 0 Å². The number of nitrogens with one attached hydrogen (secondary N) is 2. The van der Waals surface area contributed by atoms with Crippen molar-refractivity contribution in [1.82, 2.24) is 15.5 Å². The smallest absolute Gasteiger partial charge is 0.222 e. The molecule has 2 rings (SSSR count). The fourth-order valence-corrected chi connectivity index (χ4v) is 2.97. The zero-order valence-corrected chi connectivity index (χ0v) is 16.7. The molecule has 134 valence electrons. The predicted molar refractivity (Wildman–Crippen MR) is 103 cm³/mol. The second-order valence-electron chi connectivity index (χ2n) is 6.36. The number of rotatable bonds is 7. The Morgan fingerprint density at radius 3 is 2.83 bits per heavy atom. The maximum absolute atomic E-state index is 11.5. The van der Waals surface area contributed by atoms with Gasteiger partial charge in [0.05, 0.1) is 12.1 Å². The van der Waals surface area contributed by atoms with Crippen LogP contribution in [0.2, 0.25) is 0 Å². The van der Waals surface area contributed by atoms with Crippen molar-refractivity contribution in [3.8, 4) is 0 Å². The van der Waals surface area contributed by atoms with Crippen molar-refractivity contribution in [3.63, 3.8) is 0 Å². The zero-order chi connectivity index (χ0) is 15.8. The molecule has 0 spiro atoms. The van der Waals surface area contributed by atoms with E-state index in [1.807, 2.05) is 4.90 Å². The molecule has 0 saturated carbocycles. The normalized spacial score (nSPS) is 24.7. The van der Waals surface area contributed by atoms with Crippen LogP contribution in [0.4, 0.5) is 0 Å². The summed E-state index contributed by atoms with van der Waals surface area (Å²) in [5, 5.41) is 6.61. The molecule has 0 bridgehead atoms. The van der Waals surface area contributed by atoms with Crippen molar-refractivity contribution >= 4 is 35.8 Å². The van der Waals surface area contributed by atoms with Crippen LogP contribution >= 0.6 is 24.0 Å². The molecule has 1 unspecified atom stereocenters. The topological polar surface area (TPSA) is 66.0 Å². The first-order valence-electron chi connectivity index (χ1n) is 8.57. The summed E-state index contributed by atoms with van der Waals surface area (Å²) in [5.41, 5.74) is -0.107. The maximum atomic E-state index is 11.5. The monoisotopic (exact) mass is 438 g/mol. The Kier molecular flexibility index (Phi) is 9.19. The highest BCUT2D eigenvalue weighted by molar-refractivity contribution is 14.0. The molecule has 7 heteroatoms. The number of hydrogen-bond acceptors (Lipinski definition) is 3. The minimum atomic E-state index is -0.107. The standard InChI is InChI=1S/C16H30N4O2.HI/c1-3-17-15(19-13-16(2)8-5-12-22-16)18-9-6-11-20-10-4-7-14(20)21;/h3-13H2,1-2H3,(H2,17,18,19);1H. The fourth-order valence-electron chi connectivity index (χ4n) is 2.97. The lowest BCUT2D eigenvalue weighted by atomic mass is 10.0. The van der Waals surface area contributed by atoms with Crippen molar-refractivity contribution in [2.24, 2.45) is 4.99 Å². The average molecular weight is 438 g/mol. The first-order valence-corrected chi connectivity index (χ1v) is 8.57. The van der Waals surface area contributed by atoms with E-state index in [1.165, 1.54) is 0 Å². The first-order chi connectivity index (χ1) is 10.6. The second kappa shape index (κ2) is 10.3. The van der Waals surface area contributed by atoms with Gasteiger partial charge in [0.25, 0.3) is 0 Å². The Balaban J connectivity index is 0.00000264. The molecule has 2 aliphatic heterocycles. The van der Waals surface area contributed by atoms with Crippen molar-refractivity contribution in [3.05, 3.63) is 0 Å². The molecule has 2 saturated heterocycles. The molecule has 0 aromatic carbocycles. The highest BCUT2D eigenvalue weighted by Crippen LogP contribution is 2.24. The van der Waals surface area contributed by atoms with Gasteiger partial charge in [-0.1, -0.05) is 0 Å². The van der Waals surface area contributed by atoms with Gasteiger partial charge in [0.15, 0.2) is 5.96 Å². The summed E-state index contributed by atoms with van der Waals surface area (Å²) >= 11 is 0. The SMILES string of the molecule is CCNC(=NCC1(C)CCCO1)NCCCN1CCCC1=O.I. The molecular formula is C16H31IN4O2. The van der Waals surface area contributed by atoms with E-state index >= 15 is 0 Å². The number of likely N-dealkylation sites (tertiary alicyclic amines) is 1. The largest absolute Gasteiger partial charge is 0.373 e. The van der Waals surface area contributed by atoms with E-state index in [4.69, 9.17) is 4.74 Å². The van der Waals surface area contributed by atoms with Crippen LogP contribution in [0, 0.1) is 0 Å². The third kappa shape index (κ3) is 6.82. The maximum Gasteiger partial charge on any atom is 0.222 e. The highest BCUT2D eigenvalue weighted by Gasteiger charge is 2.29. The van der Waals surface area contributed by atoms with Gasteiger partial charge in [0.2, 0.25) is 5.91 Å². The van der Waals surface area contributed by atoms with Crippen molar-refractivity contribution in [2.75, 3.05) is 39.3 Å². The molecule has 0 aliphatic carbocycles. The van der Waals surface area contributed by atoms with Crippen molar-refractivity contribution in [2.45, 2.75) is 51.6 Å². The number of hydrogen-bond donors (Lipinski definition) is 2. The second-order valence-corrected chi connectivity index (χ2v) is 6.36. The lowest BCUT2D eigenvalue weighted by Crippen LogP contribution is -2.40. The van der Waals surface area contributed by atoms with Gasteiger partial charge >= 0.3 is 0 Å². The molecule has 0 aromatic rings. The van der Waals surface area contributed by atoms with E-state index in [2.05, 4.69) is 29.5 Å². The zero-order valence-electron chi connectivity index (χ0n) is 14.4. The highest BCUT2D eigenvalue weighted by atomic mass is 127. The van der Waals surface area contributed by atoms with Gasteiger partial charge in [-0.2, -0.15) is 0 Å². The lowest BCUT2D eigenvalue weighted by molar-refractivity contribution is -0.127. The minimum absolute atomic E-state index is 0.